The van der Waals surface area contributed by atoms with E-state index < -0.39 is 0 Å². The molecule has 1 aliphatic heterocycles. The fraction of sp³-hybridized carbons (Fsp3) is 0.500. The Morgan fingerprint density at radius 2 is 1.96 bits per heavy atom. The van der Waals surface area contributed by atoms with Gasteiger partial charge in [0, 0.05) is 37.2 Å². The predicted octanol–water partition coefficient (Wildman–Crippen LogP) is 2.99. The SMILES string of the molecule is Cn1nc(-c2cccc(C(=O)N3CCCCC3)c2)nc1C1CC1. The first-order valence-electron chi connectivity index (χ1n) is 8.53. The van der Waals surface area contributed by atoms with Gasteiger partial charge in [-0.3, -0.25) is 9.48 Å². The van der Waals surface area contributed by atoms with Gasteiger partial charge in [0.25, 0.3) is 5.91 Å². The summed E-state index contributed by atoms with van der Waals surface area (Å²) in [5.41, 5.74) is 1.67. The lowest BCUT2D eigenvalue weighted by Gasteiger charge is -2.26. The molecule has 2 fully saturated rings. The van der Waals surface area contributed by atoms with Gasteiger partial charge in [-0.15, -0.1) is 0 Å². The van der Waals surface area contributed by atoms with Gasteiger partial charge in [-0.25, -0.2) is 4.98 Å². The van der Waals surface area contributed by atoms with Gasteiger partial charge >= 0.3 is 0 Å². The summed E-state index contributed by atoms with van der Waals surface area (Å²) in [6.07, 6.45) is 5.86. The third kappa shape index (κ3) is 2.87. The second-order valence-electron chi connectivity index (χ2n) is 6.63. The number of rotatable bonds is 3. The van der Waals surface area contributed by atoms with Crippen LogP contribution >= 0.6 is 0 Å². The first-order valence-corrected chi connectivity index (χ1v) is 8.53. The lowest BCUT2D eigenvalue weighted by molar-refractivity contribution is 0.0724. The van der Waals surface area contributed by atoms with Crippen LogP contribution in [0.1, 0.15) is 54.2 Å². The van der Waals surface area contributed by atoms with Crippen LogP contribution in [-0.2, 0) is 7.05 Å². The van der Waals surface area contributed by atoms with E-state index in [4.69, 9.17) is 0 Å². The molecule has 2 aromatic rings. The normalized spacial score (nSPS) is 18.2. The summed E-state index contributed by atoms with van der Waals surface area (Å²) in [5, 5.41) is 4.54. The van der Waals surface area contributed by atoms with Crippen molar-refractivity contribution in [3.63, 3.8) is 0 Å². The van der Waals surface area contributed by atoms with Gasteiger partial charge in [-0.2, -0.15) is 5.10 Å². The fourth-order valence-electron chi connectivity index (χ4n) is 3.29. The zero-order valence-corrected chi connectivity index (χ0v) is 13.5. The number of aromatic nitrogens is 3. The van der Waals surface area contributed by atoms with Crippen LogP contribution in [0.25, 0.3) is 11.4 Å². The maximum Gasteiger partial charge on any atom is 0.253 e. The molecule has 0 unspecified atom stereocenters. The van der Waals surface area contributed by atoms with E-state index in [0.717, 1.165) is 48.7 Å². The van der Waals surface area contributed by atoms with E-state index in [9.17, 15) is 4.79 Å². The second kappa shape index (κ2) is 5.80. The number of hydrogen-bond acceptors (Lipinski definition) is 3. The van der Waals surface area contributed by atoms with Crippen molar-refractivity contribution in [1.29, 1.82) is 0 Å². The molecule has 120 valence electrons. The number of carbonyl (C=O) groups is 1. The molecular formula is C18H22N4O. The number of piperidine rings is 1. The summed E-state index contributed by atoms with van der Waals surface area (Å²) in [7, 11) is 1.95. The molecule has 0 radical (unpaired) electrons. The average Bonchev–Trinajstić information content (AvgIpc) is 3.37. The number of likely N-dealkylation sites (tertiary alicyclic amines) is 1. The van der Waals surface area contributed by atoms with Crippen molar-refractivity contribution in [3.8, 4) is 11.4 Å². The highest BCUT2D eigenvalue weighted by Gasteiger charge is 2.29. The zero-order chi connectivity index (χ0) is 15.8. The molecule has 1 aromatic heterocycles. The van der Waals surface area contributed by atoms with E-state index in [2.05, 4.69) is 10.1 Å². The first kappa shape index (κ1) is 14.4. The Balaban J connectivity index is 1.60. The molecule has 5 heteroatoms. The van der Waals surface area contributed by atoms with Gasteiger partial charge in [0.15, 0.2) is 5.82 Å². The van der Waals surface area contributed by atoms with Gasteiger partial charge in [0.2, 0.25) is 0 Å². The van der Waals surface area contributed by atoms with Crippen molar-refractivity contribution in [3.05, 3.63) is 35.7 Å². The number of aryl methyl sites for hydroxylation is 1. The molecule has 1 aliphatic carbocycles. The van der Waals surface area contributed by atoms with Crippen LogP contribution in [-0.4, -0.2) is 38.7 Å². The monoisotopic (exact) mass is 310 g/mol. The highest BCUT2D eigenvalue weighted by molar-refractivity contribution is 5.95. The Labute approximate surface area is 136 Å². The number of nitrogens with zero attached hydrogens (tertiary/aromatic N) is 4. The maximum atomic E-state index is 12.7. The maximum absolute atomic E-state index is 12.7. The summed E-state index contributed by atoms with van der Waals surface area (Å²) in [5.74, 6) is 2.49. The van der Waals surface area contributed by atoms with E-state index in [-0.39, 0.29) is 5.91 Å². The van der Waals surface area contributed by atoms with Gasteiger partial charge in [-0.05, 0) is 44.2 Å². The van der Waals surface area contributed by atoms with Crippen LogP contribution in [0.15, 0.2) is 24.3 Å². The van der Waals surface area contributed by atoms with Gasteiger partial charge in [0.1, 0.15) is 5.82 Å². The lowest BCUT2D eigenvalue weighted by Crippen LogP contribution is -2.35. The van der Waals surface area contributed by atoms with Crippen molar-refractivity contribution in [2.75, 3.05) is 13.1 Å². The third-order valence-corrected chi connectivity index (χ3v) is 4.75. The summed E-state index contributed by atoms with van der Waals surface area (Å²) < 4.78 is 1.88. The number of amides is 1. The Bertz CT molecular complexity index is 726. The van der Waals surface area contributed by atoms with Gasteiger partial charge in [0.05, 0.1) is 0 Å². The van der Waals surface area contributed by atoms with Crippen LogP contribution in [0.3, 0.4) is 0 Å². The van der Waals surface area contributed by atoms with Crippen molar-refractivity contribution in [2.24, 2.45) is 7.05 Å². The van der Waals surface area contributed by atoms with Crippen LogP contribution < -0.4 is 0 Å². The molecule has 0 N–H and O–H groups in total. The number of carbonyl (C=O) groups excluding carboxylic acids is 1. The predicted molar refractivity (Wildman–Crippen MR) is 88.2 cm³/mol. The summed E-state index contributed by atoms with van der Waals surface area (Å²) in [6, 6.07) is 7.74. The van der Waals surface area contributed by atoms with Crippen molar-refractivity contribution < 1.29 is 4.79 Å². The number of benzene rings is 1. The highest BCUT2D eigenvalue weighted by atomic mass is 16.2. The minimum Gasteiger partial charge on any atom is -0.339 e. The minimum absolute atomic E-state index is 0.130. The van der Waals surface area contributed by atoms with E-state index in [0.29, 0.717) is 5.92 Å². The Hall–Kier alpha value is -2.17. The Kier molecular flexibility index (Phi) is 3.63. The summed E-state index contributed by atoms with van der Waals surface area (Å²) >= 11 is 0. The van der Waals surface area contributed by atoms with E-state index in [1.165, 1.54) is 19.3 Å². The molecule has 2 heterocycles. The van der Waals surface area contributed by atoms with Crippen LogP contribution in [0.2, 0.25) is 0 Å². The van der Waals surface area contributed by atoms with E-state index in [1.807, 2.05) is 40.9 Å². The smallest absolute Gasteiger partial charge is 0.253 e. The average molecular weight is 310 g/mol. The van der Waals surface area contributed by atoms with Crippen LogP contribution in [0, 0.1) is 0 Å². The molecule has 5 nitrogen and oxygen atoms in total. The number of hydrogen-bond donors (Lipinski definition) is 0. The molecule has 1 saturated carbocycles. The molecule has 4 rings (SSSR count). The molecule has 1 saturated heterocycles. The van der Waals surface area contributed by atoms with E-state index >= 15 is 0 Å². The molecule has 0 atom stereocenters. The first-order chi connectivity index (χ1) is 11.2. The Morgan fingerprint density at radius 3 is 2.70 bits per heavy atom. The summed E-state index contributed by atoms with van der Waals surface area (Å²) in [4.78, 5) is 19.3. The topological polar surface area (TPSA) is 51.0 Å². The lowest BCUT2D eigenvalue weighted by atomic mass is 10.1. The zero-order valence-electron chi connectivity index (χ0n) is 13.5. The van der Waals surface area contributed by atoms with Crippen LogP contribution in [0.4, 0.5) is 0 Å². The van der Waals surface area contributed by atoms with Gasteiger partial charge in [-0.1, -0.05) is 12.1 Å². The summed E-state index contributed by atoms with van der Waals surface area (Å²) in [6.45, 7) is 1.74. The second-order valence-corrected chi connectivity index (χ2v) is 6.63. The molecule has 2 aliphatic rings. The Morgan fingerprint density at radius 1 is 1.17 bits per heavy atom. The molecule has 0 bridgehead atoms. The molecule has 1 amide bonds. The molecular weight excluding hydrogens is 288 g/mol. The molecule has 0 spiro atoms. The largest absolute Gasteiger partial charge is 0.339 e. The van der Waals surface area contributed by atoms with Crippen molar-refractivity contribution in [1.82, 2.24) is 19.7 Å². The van der Waals surface area contributed by atoms with Crippen LogP contribution in [0.5, 0.6) is 0 Å². The molecule has 23 heavy (non-hydrogen) atoms. The standard InChI is InChI=1S/C18H22N4O/c1-21-17(13-8-9-13)19-16(20-21)14-6-5-7-15(12-14)18(23)22-10-3-2-4-11-22/h5-7,12-13H,2-4,8-11H2,1H3. The van der Waals surface area contributed by atoms with Crippen molar-refractivity contribution >= 4 is 5.91 Å². The van der Waals surface area contributed by atoms with E-state index in [1.54, 1.807) is 0 Å². The van der Waals surface area contributed by atoms with Gasteiger partial charge < -0.3 is 4.90 Å². The fourth-order valence-corrected chi connectivity index (χ4v) is 3.29. The quantitative estimate of drug-likeness (QED) is 0.875. The third-order valence-electron chi connectivity index (χ3n) is 4.75. The molecule has 1 aromatic carbocycles. The highest BCUT2D eigenvalue weighted by Crippen LogP contribution is 2.39. The van der Waals surface area contributed by atoms with Crippen molar-refractivity contribution in [2.45, 2.75) is 38.0 Å². The minimum atomic E-state index is 0.130.